The smallest absolute Gasteiger partial charge is 0.418 e. The van der Waals surface area contributed by atoms with Crippen molar-refractivity contribution in [1.82, 2.24) is 0 Å². The van der Waals surface area contributed by atoms with Crippen LogP contribution in [0.2, 0.25) is 5.02 Å². The summed E-state index contributed by atoms with van der Waals surface area (Å²) in [6, 6.07) is 16.6. The van der Waals surface area contributed by atoms with Gasteiger partial charge in [-0.05, 0) is 60.7 Å². The predicted octanol–water partition coefficient (Wildman–Crippen LogP) is 6.35. The minimum atomic E-state index is -4.65. The Kier molecular flexibility index (Phi) is 7.88. The molecule has 33 heavy (non-hydrogen) atoms. The number of anilines is 2. The number of alkyl halides is 3. The van der Waals surface area contributed by atoms with Gasteiger partial charge in [-0.1, -0.05) is 17.7 Å². The van der Waals surface area contributed by atoms with Crippen molar-refractivity contribution < 1.29 is 27.5 Å². The molecule has 0 saturated carbocycles. The topological polar surface area (TPSA) is 67.4 Å². The molecule has 0 aliphatic carbocycles. The molecule has 3 aromatic carbocycles. The van der Waals surface area contributed by atoms with E-state index in [9.17, 15) is 22.8 Å². The van der Waals surface area contributed by atoms with E-state index in [-0.39, 0.29) is 22.4 Å². The molecule has 0 spiro atoms. The van der Waals surface area contributed by atoms with Crippen molar-refractivity contribution >= 4 is 46.6 Å². The lowest BCUT2D eigenvalue weighted by Gasteiger charge is -2.14. The molecule has 0 atom stereocenters. The van der Waals surface area contributed by atoms with Crippen LogP contribution in [0.1, 0.15) is 15.9 Å². The number of amides is 2. The molecule has 172 valence electrons. The summed E-state index contributed by atoms with van der Waals surface area (Å²) in [6.07, 6.45) is -4.65. The van der Waals surface area contributed by atoms with Gasteiger partial charge in [0.05, 0.1) is 24.1 Å². The fraction of sp³-hybridized carbons (Fsp3) is 0.130. The molecule has 2 N–H and O–H groups in total. The molecule has 2 amide bonds. The third kappa shape index (κ3) is 6.90. The fourth-order valence-electron chi connectivity index (χ4n) is 2.80. The van der Waals surface area contributed by atoms with Crippen molar-refractivity contribution in [3.8, 4) is 5.75 Å². The average Bonchev–Trinajstić information content (AvgIpc) is 2.79. The van der Waals surface area contributed by atoms with Crippen molar-refractivity contribution in [1.29, 1.82) is 0 Å². The maximum atomic E-state index is 13.2. The SMILES string of the molecule is COc1cccc(C(=O)Nc2ccc(SCC(=O)Nc3ccc(Cl)cc3C(F)(F)F)cc2)c1. The van der Waals surface area contributed by atoms with Crippen LogP contribution in [0.4, 0.5) is 24.5 Å². The minimum Gasteiger partial charge on any atom is -0.497 e. The molecule has 0 aromatic heterocycles. The van der Waals surface area contributed by atoms with Crippen LogP contribution in [0.5, 0.6) is 5.75 Å². The van der Waals surface area contributed by atoms with Crippen molar-refractivity contribution in [3.05, 3.63) is 82.9 Å². The van der Waals surface area contributed by atoms with Crippen LogP contribution in [-0.4, -0.2) is 24.7 Å². The Morgan fingerprint density at radius 1 is 1.00 bits per heavy atom. The number of carbonyl (C=O) groups is 2. The Morgan fingerprint density at radius 2 is 1.73 bits per heavy atom. The number of hydrogen-bond donors (Lipinski definition) is 2. The molecular formula is C23H18ClF3N2O3S. The molecule has 3 rings (SSSR count). The standard InChI is InChI=1S/C23H18ClF3N2O3S/c1-32-17-4-2-3-14(11-17)22(31)28-16-6-8-18(9-7-16)33-13-21(30)29-20-10-5-15(24)12-19(20)23(25,26)27/h2-12H,13H2,1H3,(H,28,31)(H,29,30). The summed E-state index contributed by atoms with van der Waals surface area (Å²) in [5.41, 5.74) is -0.380. The number of carbonyl (C=O) groups excluding carboxylic acids is 2. The number of halogens is 4. The first kappa shape index (κ1) is 24.5. The summed E-state index contributed by atoms with van der Waals surface area (Å²) in [5.74, 6) is -0.441. The third-order valence-corrected chi connectivity index (χ3v) is 5.62. The first-order valence-corrected chi connectivity index (χ1v) is 10.9. The molecule has 0 bridgehead atoms. The molecule has 0 radical (unpaired) electrons. The monoisotopic (exact) mass is 494 g/mol. The second kappa shape index (κ2) is 10.6. The molecule has 0 fully saturated rings. The zero-order valence-corrected chi connectivity index (χ0v) is 18.8. The molecule has 0 aliphatic rings. The van der Waals surface area contributed by atoms with Gasteiger partial charge in [-0.3, -0.25) is 9.59 Å². The highest BCUT2D eigenvalue weighted by Crippen LogP contribution is 2.36. The number of benzene rings is 3. The molecular weight excluding hydrogens is 477 g/mol. The predicted molar refractivity (Wildman–Crippen MR) is 123 cm³/mol. The Labute approximate surface area is 197 Å². The van der Waals surface area contributed by atoms with E-state index in [0.717, 1.165) is 23.9 Å². The van der Waals surface area contributed by atoms with Crippen LogP contribution in [-0.2, 0) is 11.0 Å². The Morgan fingerprint density at radius 3 is 2.39 bits per heavy atom. The third-order valence-electron chi connectivity index (χ3n) is 4.38. The number of thioether (sulfide) groups is 1. The lowest BCUT2D eigenvalue weighted by Crippen LogP contribution is -2.18. The number of nitrogens with one attached hydrogen (secondary N) is 2. The maximum Gasteiger partial charge on any atom is 0.418 e. The Hall–Kier alpha value is -3.17. The van der Waals surface area contributed by atoms with E-state index in [1.807, 2.05) is 0 Å². The van der Waals surface area contributed by atoms with Crippen LogP contribution < -0.4 is 15.4 Å². The number of rotatable bonds is 7. The highest BCUT2D eigenvalue weighted by atomic mass is 35.5. The summed E-state index contributed by atoms with van der Waals surface area (Å²) in [5, 5.41) is 4.96. The van der Waals surface area contributed by atoms with Crippen molar-refractivity contribution in [2.24, 2.45) is 0 Å². The van der Waals surface area contributed by atoms with Crippen LogP contribution in [0.15, 0.2) is 71.6 Å². The number of ether oxygens (including phenoxy) is 1. The summed E-state index contributed by atoms with van der Waals surface area (Å²) in [7, 11) is 1.51. The van der Waals surface area contributed by atoms with Crippen LogP contribution in [0, 0.1) is 0 Å². The second-order valence-corrected chi connectivity index (χ2v) is 8.22. The molecule has 10 heteroatoms. The normalized spacial score (nSPS) is 11.1. The van der Waals surface area contributed by atoms with Gasteiger partial charge < -0.3 is 15.4 Å². The summed E-state index contributed by atoms with van der Waals surface area (Å²) in [4.78, 5) is 25.2. The van der Waals surface area contributed by atoms with Crippen molar-refractivity contribution in [3.63, 3.8) is 0 Å². The summed E-state index contributed by atoms with van der Waals surface area (Å²) in [6.45, 7) is 0. The van der Waals surface area contributed by atoms with Gasteiger partial charge in [0.1, 0.15) is 5.75 Å². The molecule has 3 aromatic rings. The molecule has 0 heterocycles. The second-order valence-electron chi connectivity index (χ2n) is 6.73. The van der Waals surface area contributed by atoms with Crippen LogP contribution in [0.3, 0.4) is 0 Å². The van der Waals surface area contributed by atoms with Gasteiger partial charge >= 0.3 is 6.18 Å². The molecule has 0 aliphatic heterocycles. The first-order valence-electron chi connectivity index (χ1n) is 9.50. The van der Waals surface area contributed by atoms with Crippen LogP contribution >= 0.6 is 23.4 Å². The summed E-state index contributed by atoms with van der Waals surface area (Å²) < 4.78 is 44.6. The first-order chi connectivity index (χ1) is 15.7. The lowest BCUT2D eigenvalue weighted by atomic mass is 10.1. The quantitative estimate of drug-likeness (QED) is 0.375. The minimum absolute atomic E-state index is 0.0757. The zero-order chi connectivity index (χ0) is 24.0. The van der Waals surface area contributed by atoms with Gasteiger partial charge in [0.25, 0.3) is 5.91 Å². The van der Waals surface area contributed by atoms with E-state index in [4.69, 9.17) is 16.3 Å². The van der Waals surface area contributed by atoms with Gasteiger partial charge in [-0.15, -0.1) is 11.8 Å². The molecule has 0 saturated heterocycles. The largest absolute Gasteiger partial charge is 0.497 e. The van der Waals surface area contributed by atoms with Gasteiger partial charge in [-0.25, -0.2) is 0 Å². The molecule has 5 nitrogen and oxygen atoms in total. The van der Waals surface area contributed by atoms with Crippen molar-refractivity contribution in [2.75, 3.05) is 23.5 Å². The highest BCUT2D eigenvalue weighted by molar-refractivity contribution is 8.00. The van der Waals surface area contributed by atoms with E-state index in [2.05, 4.69) is 10.6 Å². The van der Waals surface area contributed by atoms with E-state index in [0.29, 0.717) is 21.9 Å². The zero-order valence-electron chi connectivity index (χ0n) is 17.2. The van der Waals surface area contributed by atoms with E-state index in [1.54, 1.807) is 48.5 Å². The highest BCUT2D eigenvalue weighted by Gasteiger charge is 2.34. The summed E-state index contributed by atoms with van der Waals surface area (Å²) >= 11 is 6.79. The van der Waals surface area contributed by atoms with Gasteiger partial charge in [-0.2, -0.15) is 13.2 Å². The Bertz CT molecular complexity index is 1150. The van der Waals surface area contributed by atoms with Crippen LogP contribution in [0.25, 0.3) is 0 Å². The fourth-order valence-corrected chi connectivity index (χ4v) is 3.67. The Balaban J connectivity index is 1.56. The van der Waals surface area contributed by atoms with Gasteiger partial charge in [0, 0.05) is 21.2 Å². The van der Waals surface area contributed by atoms with Gasteiger partial charge in [0.15, 0.2) is 0 Å². The van der Waals surface area contributed by atoms with Gasteiger partial charge in [0.2, 0.25) is 5.91 Å². The van der Waals surface area contributed by atoms with E-state index >= 15 is 0 Å². The maximum absolute atomic E-state index is 13.2. The lowest BCUT2D eigenvalue weighted by molar-refractivity contribution is -0.137. The average molecular weight is 495 g/mol. The molecule has 0 unspecified atom stereocenters. The van der Waals surface area contributed by atoms with E-state index < -0.39 is 17.6 Å². The number of methoxy groups -OCH3 is 1. The van der Waals surface area contributed by atoms with E-state index in [1.165, 1.54) is 13.2 Å². The van der Waals surface area contributed by atoms with Crippen molar-refractivity contribution in [2.45, 2.75) is 11.1 Å². The number of hydrogen-bond acceptors (Lipinski definition) is 4.